The van der Waals surface area contributed by atoms with Crippen molar-refractivity contribution in [2.45, 2.75) is 19.5 Å². The van der Waals surface area contributed by atoms with Crippen LogP contribution >= 0.6 is 11.3 Å². The predicted molar refractivity (Wildman–Crippen MR) is 64.0 cm³/mol. The van der Waals surface area contributed by atoms with Gasteiger partial charge in [0.05, 0.1) is 11.5 Å². The molecule has 0 saturated heterocycles. The Kier molecular flexibility index (Phi) is 4.88. The molecule has 90 valence electrons. The molecule has 5 nitrogen and oxygen atoms in total. The summed E-state index contributed by atoms with van der Waals surface area (Å²) in [6, 6.07) is 3.75. The first-order valence-electron chi connectivity index (χ1n) is 4.99. The molecule has 1 unspecified atom stereocenters. The number of carbonyl (C=O) groups is 1. The fourth-order valence-electron chi connectivity index (χ4n) is 1.20. The average molecular weight is 243 g/mol. The number of aliphatic hydroxyl groups excluding tert-OH is 1. The average Bonchev–Trinajstić information content (AvgIpc) is 2.75. The minimum absolute atomic E-state index is 0.105. The molecular weight excluding hydrogens is 226 g/mol. The molecule has 1 aromatic heterocycles. The summed E-state index contributed by atoms with van der Waals surface area (Å²) in [5, 5.41) is 9.00. The van der Waals surface area contributed by atoms with Crippen molar-refractivity contribution in [3.63, 3.8) is 0 Å². The first kappa shape index (κ1) is 13.1. The van der Waals surface area contributed by atoms with E-state index in [2.05, 4.69) is 5.43 Å². The molecule has 16 heavy (non-hydrogen) atoms. The maximum Gasteiger partial charge on any atom is 0.275 e. The van der Waals surface area contributed by atoms with E-state index in [0.717, 1.165) is 4.88 Å². The first-order chi connectivity index (χ1) is 7.58. The summed E-state index contributed by atoms with van der Waals surface area (Å²) in [7, 11) is 1.93. The summed E-state index contributed by atoms with van der Waals surface area (Å²) in [6.07, 6.45) is 0. The third-order valence-electron chi connectivity index (χ3n) is 2.44. The van der Waals surface area contributed by atoms with Gasteiger partial charge in [-0.1, -0.05) is 0 Å². The number of nitrogens with one attached hydrogen (secondary N) is 1. The number of thiophene rings is 1. The zero-order valence-electron chi connectivity index (χ0n) is 9.43. The summed E-state index contributed by atoms with van der Waals surface area (Å²) in [4.78, 5) is 14.9. The van der Waals surface area contributed by atoms with Crippen LogP contribution in [0, 0.1) is 0 Å². The SMILES string of the molecule is CC(CO)N(C)Cc1ccc(C(=O)NN)s1. The Labute approximate surface area is 98.8 Å². The van der Waals surface area contributed by atoms with Gasteiger partial charge in [0.2, 0.25) is 0 Å². The quantitative estimate of drug-likeness (QED) is 0.391. The van der Waals surface area contributed by atoms with Crippen LogP contribution in [0.5, 0.6) is 0 Å². The predicted octanol–water partition coefficient (Wildman–Crippen LogP) is 0.164. The molecule has 0 bridgehead atoms. The number of hydrazine groups is 1. The van der Waals surface area contributed by atoms with Gasteiger partial charge in [0.15, 0.2) is 0 Å². The lowest BCUT2D eigenvalue weighted by molar-refractivity contribution is 0.0957. The normalized spacial score (nSPS) is 12.8. The lowest BCUT2D eigenvalue weighted by Crippen LogP contribution is -2.31. The second kappa shape index (κ2) is 5.95. The smallest absolute Gasteiger partial charge is 0.275 e. The minimum atomic E-state index is -0.269. The van der Waals surface area contributed by atoms with Crippen LogP contribution in [-0.2, 0) is 6.54 Å². The standard InChI is InChI=1S/C10H17N3O2S/c1-7(6-14)13(2)5-8-3-4-9(16-8)10(15)12-11/h3-4,7,14H,5-6,11H2,1-2H3,(H,12,15). The Morgan fingerprint density at radius 1 is 1.69 bits per heavy atom. The van der Waals surface area contributed by atoms with Crippen molar-refractivity contribution in [2.75, 3.05) is 13.7 Å². The van der Waals surface area contributed by atoms with E-state index in [4.69, 9.17) is 10.9 Å². The van der Waals surface area contributed by atoms with Gasteiger partial charge < -0.3 is 5.11 Å². The van der Waals surface area contributed by atoms with Crippen LogP contribution < -0.4 is 11.3 Å². The second-order valence-electron chi connectivity index (χ2n) is 3.69. The number of amides is 1. The summed E-state index contributed by atoms with van der Waals surface area (Å²) < 4.78 is 0. The van der Waals surface area contributed by atoms with Crippen molar-refractivity contribution < 1.29 is 9.90 Å². The van der Waals surface area contributed by atoms with E-state index >= 15 is 0 Å². The Morgan fingerprint density at radius 2 is 2.38 bits per heavy atom. The van der Waals surface area contributed by atoms with Crippen molar-refractivity contribution >= 4 is 17.2 Å². The van der Waals surface area contributed by atoms with Gasteiger partial charge in [-0.15, -0.1) is 11.3 Å². The van der Waals surface area contributed by atoms with Crippen molar-refractivity contribution in [1.29, 1.82) is 0 Å². The topological polar surface area (TPSA) is 78.6 Å². The highest BCUT2D eigenvalue weighted by atomic mass is 32.1. The molecule has 0 saturated carbocycles. The molecule has 6 heteroatoms. The summed E-state index contributed by atoms with van der Waals surface area (Å²) in [6.45, 7) is 2.78. The fraction of sp³-hybridized carbons (Fsp3) is 0.500. The molecule has 0 aliphatic carbocycles. The molecule has 0 aliphatic rings. The van der Waals surface area contributed by atoms with Crippen LogP contribution in [0.25, 0.3) is 0 Å². The number of likely N-dealkylation sites (N-methyl/N-ethyl adjacent to an activating group) is 1. The van der Waals surface area contributed by atoms with Crippen molar-refractivity contribution in [3.05, 3.63) is 21.9 Å². The lowest BCUT2D eigenvalue weighted by Gasteiger charge is -2.21. The monoisotopic (exact) mass is 243 g/mol. The van der Waals surface area contributed by atoms with Crippen molar-refractivity contribution in [1.82, 2.24) is 10.3 Å². The van der Waals surface area contributed by atoms with Crippen LogP contribution in [0.3, 0.4) is 0 Å². The molecule has 0 aromatic carbocycles. The summed E-state index contributed by atoms with van der Waals surface area (Å²) in [5.41, 5.74) is 2.10. The fourth-order valence-corrected chi connectivity index (χ4v) is 2.17. The minimum Gasteiger partial charge on any atom is -0.395 e. The van der Waals surface area contributed by atoms with Gasteiger partial charge in [-0.2, -0.15) is 0 Å². The van der Waals surface area contributed by atoms with Crippen LogP contribution in [0.1, 0.15) is 21.5 Å². The number of hydrogen-bond donors (Lipinski definition) is 3. The highest BCUT2D eigenvalue weighted by molar-refractivity contribution is 7.14. The Bertz CT molecular complexity index is 354. The van der Waals surface area contributed by atoms with E-state index < -0.39 is 0 Å². The van der Waals surface area contributed by atoms with E-state index in [1.54, 1.807) is 6.07 Å². The number of carbonyl (C=O) groups excluding carboxylic acids is 1. The summed E-state index contributed by atoms with van der Waals surface area (Å²) in [5.74, 6) is 4.78. The molecule has 1 rings (SSSR count). The summed E-state index contributed by atoms with van der Waals surface area (Å²) >= 11 is 1.41. The van der Waals surface area contributed by atoms with E-state index in [9.17, 15) is 4.79 Å². The molecule has 1 heterocycles. The number of hydrogen-bond acceptors (Lipinski definition) is 5. The van der Waals surface area contributed by atoms with Crippen LogP contribution in [-0.4, -0.2) is 35.6 Å². The molecule has 0 fully saturated rings. The molecular formula is C10H17N3O2S. The van der Waals surface area contributed by atoms with Gasteiger partial charge in [-0.05, 0) is 26.1 Å². The molecule has 0 spiro atoms. The Morgan fingerprint density at radius 3 is 2.94 bits per heavy atom. The van der Waals surface area contributed by atoms with E-state index in [-0.39, 0.29) is 18.6 Å². The zero-order chi connectivity index (χ0) is 12.1. The van der Waals surface area contributed by atoms with Gasteiger partial charge in [0.25, 0.3) is 5.91 Å². The maximum absolute atomic E-state index is 11.2. The molecule has 0 radical (unpaired) electrons. The van der Waals surface area contributed by atoms with E-state index in [0.29, 0.717) is 11.4 Å². The van der Waals surface area contributed by atoms with Gasteiger partial charge in [-0.25, -0.2) is 5.84 Å². The number of nitrogens with two attached hydrogens (primary N) is 1. The molecule has 1 amide bonds. The third-order valence-corrected chi connectivity index (χ3v) is 3.51. The van der Waals surface area contributed by atoms with E-state index in [1.165, 1.54) is 11.3 Å². The third kappa shape index (κ3) is 3.28. The Hall–Kier alpha value is -0.950. The van der Waals surface area contributed by atoms with Crippen LogP contribution in [0.2, 0.25) is 0 Å². The lowest BCUT2D eigenvalue weighted by atomic mass is 10.3. The van der Waals surface area contributed by atoms with Crippen LogP contribution in [0.4, 0.5) is 0 Å². The molecule has 4 N–H and O–H groups in total. The largest absolute Gasteiger partial charge is 0.395 e. The van der Waals surface area contributed by atoms with Crippen LogP contribution in [0.15, 0.2) is 12.1 Å². The van der Waals surface area contributed by atoms with Gasteiger partial charge >= 0.3 is 0 Å². The maximum atomic E-state index is 11.2. The Balaban J connectivity index is 2.61. The van der Waals surface area contributed by atoms with Gasteiger partial charge in [0.1, 0.15) is 0 Å². The number of rotatable bonds is 5. The number of nitrogens with zero attached hydrogens (tertiary/aromatic N) is 1. The first-order valence-corrected chi connectivity index (χ1v) is 5.81. The molecule has 1 aromatic rings. The molecule has 1 atom stereocenters. The van der Waals surface area contributed by atoms with E-state index in [1.807, 2.05) is 24.9 Å². The van der Waals surface area contributed by atoms with Gasteiger partial charge in [0, 0.05) is 17.5 Å². The van der Waals surface area contributed by atoms with Gasteiger partial charge in [-0.3, -0.25) is 15.1 Å². The van der Waals surface area contributed by atoms with Crippen molar-refractivity contribution in [2.24, 2.45) is 5.84 Å². The highest BCUT2D eigenvalue weighted by Gasteiger charge is 2.11. The highest BCUT2D eigenvalue weighted by Crippen LogP contribution is 2.18. The zero-order valence-corrected chi connectivity index (χ0v) is 10.3. The number of nitrogen functional groups attached to an aromatic ring is 1. The second-order valence-corrected chi connectivity index (χ2v) is 4.85. The van der Waals surface area contributed by atoms with Crippen molar-refractivity contribution in [3.8, 4) is 0 Å². The number of aliphatic hydroxyl groups is 1. The molecule has 0 aliphatic heterocycles.